The first-order chi connectivity index (χ1) is 5.29. The van der Waals surface area contributed by atoms with Crippen molar-refractivity contribution in [2.24, 2.45) is 0 Å². The summed E-state index contributed by atoms with van der Waals surface area (Å²) in [5, 5.41) is 8.28. The molecule has 0 fully saturated rings. The van der Waals surface area contributed by atoms with Gasteiger partial charge in [0, 0.05) is 0 Å². The van der Waals surface area contributed by atoms with E-state index in [0.717, 1.165) is 4.46 Å². The molecular weight excluding hydrogens is 209 g/mol. The van der Waals surface area contributed by atoms with Crippen LogP contribution in [0.1, 0.15) is 0 Å². The zero-order valence-electron chi connectivity index (χ0n) is 5.65. The van der Waals surface area contributed by atoms with Crippen LogP contribution in [0.5, 0.6) is 0 Å². The van der Waals surface area contributed by atoms with Crippen molar-refractivity contribution < 1.29 is 9.90 Å². The van der Waals surface area contributed by atoms with E-state index < -0.39 is 6.09 Å². The molecule has 0 spiro atoms. The number of nitrogens with one attached hydrogen (secondary N) is 1. The Labute approximate surface area is 70.8 Å². The average molecular weight is 216 g/mol. The number of hydrogen-bond acceptors (Lipinski definition) is 1. The second-order valence-corrected chi connectivity index (χ2v) is 3.67. The average Bonchev–Trinajstić information content (AvgIpc) is 2.03. The van der Waals surface area contributed by atoms with E-state index in [-0.39, 0.29) is 15.2 Å². The van der Waals surface area contributed by atoms with Crippen molar-refractivity contribution in [3.8, 4) is 0 Å². The Morgan fingerprint density at radius 3 is 2.55 bits per heavy atom. The molecule has 0 atom stereocenters. The molecule has 58 valence electrons. The van der Waals surface area contributed by atoms with Gasteiger partial charge in [0.2, 0.25) is 0 Å². The van der Waals surface area contributed by atoms with E-state index in [0.29, 0.717) is 0 Å². The molecule has 11 heavy (non-hydrogen) atoms. The van der Waals surface area contributed by atoms with Crippen LogP contribution in [0, 0.1) is 0 Å². The molecule has 1 amide bonds. The molecule has 0 aliphatic heterocycles. The summed E-state index contributed by atoms with van der Waals surface area (Å²) in [4.78, 5) is 10.1. The Morgan fingerprint density at radius 1 is 1.36 bits per heavy atom. The first-order valence-electron chi connectivity index (χ1n) is 3.00. The van der Waals surface area contributed by atoms with E-state index in [9.17, 15) is 4.79 Å². The number of hydrogen-bond donors (Lipinski definition) is 2. The molecule has 0 unspecified atom stereocenters. The number of carboxylic acid groups (broad SMARTS) is 1. The molecule has 0 aromatic heterocycles. The van der Waals surface area contributed by atoms with Crippen molar-refractivity contribution in [1.29, 1.82) is 0 Å². The summed E-state index contributed by atoms with van der Waals surface area (Å²) in [5.74, 6) is 0. The molecule has 2 N–H and O–H groups in total. The molecule has 0 aliphatic rings. The fourth-order valence-corrected chi connectivity index (χ4v) is 1.64. The molecule has 0 saturated heterocycles. The Hall–Kier alpha value is -0.991. The van der Waals surface area contributed by atoms with Gasteiger partial charge in [-0.15, -0.1) is 0 Å². The van der Waals surface area contributed by atoms with Crippen LogP contribution in [-0.2, 0) is 0 Å². The third kappa shape index (κ3) is 3.07. The quantitative estimate of drug-likeness (QED) is 0.694. The van der Waals surface area contributed by atoms with Gasteiger partial charge in [-0.2, -0.15) is 0 Å². The standard InChI is InChI=1S/C7H7NO2Se/c9-7(10)8-11-6-4-2-1-3-5-6/h1-5,8H,(H,9,10). The van der Waals surface area contributed by atoms with Crippen molar-refractivity contribution in [2.45, 2.75) is 0 Å². The predicted molar refractivity (Wildman–Crippen MR) is 43.0 cm³/mol. The number of amides is 1. The first kappa shape index (κ1) is 8.11. The predicted octanol–water partition coefficient (Wildman–Crippen LogP) is 0.199. The van der Waals surface area contributed by atoms with Crippen LogP contribution in [0.3, 0.4) is 0 Å². The van der Waals surface area contributed by atoms with Crippen molar-refractivity contribution in [3.63, 3.8) is 0 Å². The van der Waals surface area contributed by atoms with Gasteiger partial charge in [-0.25, -0.2) is 0 Å². The van der Waals surface area contributed by atoms with E-state index in [1.165, 1.54) is 0 Å². The Bertz CT molecular complexity index is 237. The molecule has 0 bridgehead atoms. The first-order valence-corrected chi connectivity index (χ1v) is 4.71. The van der Waals surface area contributed by atoms with Crippen molar-refractivity contribution in [1.82, 2.24) is 4.33 Å². The summed E-state index contributed by atoms with van der Waals surface area (Å²) in [7, 11) is 0. The van der Waals surface area contributed by atoms with Crippen LogP contribution < -0.4 is 8.79 Å². The summed E-state index contributed by atoms with van der Waals surface area (Å²) >= 11 is -0.160. The summed E-state index contributed by atoms with van der Waals surface area (Å²) in [6.45, 7) is 0. The fraction of sp³-hybridized carbons (Fsp3) is 0. The van der Waals surface area contributed by atoms with Gasteiger partial charge in [0.1, 0.15) is 0 Å². The van der Waals surface area contributed by atoms with Gasteiger partial charge in [0.25, 0.3) is 0 Å². The normalized spacial score (nSPS) is 9.09. The van der Waals surface area contributed by atoms with Crippen molar-refractivity contribution >= 4 is 25.7 Å². The van der Waals surface area contributed by atoms with E-state index >= 15 is 0 Å². The van der Waals surface area contributed by atoms with Gasteiger partial charge in [-0.3, -0.25) is 0 Å². The topological polar surface area (TPSA) is 49.3 Å². The van der Waals surface area contributed by atoms with E-state index in [2.05, 4.69) is 4.33 Å². The van der Waals surface area contributed by atoms with Gasteiger partial charge in [-0.1, -0.05) is 0 Å². The molecule has 1 rings (SSSR count). The molecule has 4 heteroatoms. The Kier molecular flexibility index (Phi) is 2.95. The van der Waals surface area contributed by atoms with Gasteiger partial charge < -0.3 is 0 Å². The summed E-state index contributed by atoms with van der Waals surface area (Å²) < 4.78 is 3.37. The monoisotopic (exact) mass is 217 g/mol. The van der Waals surface area contributed by atoms with Gasteiger partial charge >= 0.3 is 70.3 Å². The minimum absolute atomic E-state index is 0.160. The molecular formula is C7H7NO2Se. The molecule has 0 aliphatic carbocycles. The molecule has 0 radical (unpaired) electrons. The van der Waals surface area contributed by atoms with Crippen LogP contribution >= 0.6 is 0 Å². The Morgan fingerprint density at radius 2 is 2.00 bits per heavy atom. The van der Waals surface area contributed by atoms with Gasteiger partial charge in [0.05, 0.1) is 0 Å². The van der Waals surface area contributed by atoms with Crippen LogP contribution in [0.15, 0.2) is 30.3 Å². The minimum atomic E-state index is -0.964. The van der Waals surface area contributed by atoms with E-state index in [1.54, 1.807) is 0 Å². The SMILES string of the molecule is O=C(O)N[Se]c1ccccc1. The Balaban J connectivity index is 2.45. The van der Waals surface area contributed by atoms with Crippen LogP contribution in [-0.4, -0.2) is 26.4 Å². The molecule has 1 aromatic carbocycles. The van der Waals surface area contributed by atoms with Crippen LogP contribution in [0.25, 0.3) is 0 Å². The maximum atomic E-state index is 10.1. The second kappa shape index (κ2) is 4.01. The maximum absolute atomic E-state index is 10.1. The molecule has 0 heterocycles. The van der Waals surface area contributed by atoms with E-state index in [4.69, 9.17) is 5.11 Å². The third-order valence-electron chi connectivity index (χ3n) is 0.999. The molecule has 1 aromatic rings. The third-order valence-corrected chi connectivity index (χ3v) is 2.65. The van der Waals surface area contributed by atoms with Gasteiger partial charge in [-0.05, 0) is 0 Å². The van der Waals surface area contributed by atoms with Crippen molar-refractivity contribution in [3.05, 3.63) is 30.3 Å². The second-order valence-electron chi connectivity index (χ2n) is 1.82. The zero-order chi connectivity index (χ0) is 8.10. The zero-order valence-corrected chi connectivity index (χ0v) is 7.36. The number of benzene rings is 1. The fourth-order valence-electron chi connectivity index (χ4n) is 0.591. The summed E-state index contributed by atoms with van der Waals surface area (Å²) in [6, 6.07) is 9.48. The van der Waals surface area contributed by atoms with E-state index in [1.807, 2.05) is 30.3 Å². The molecule has 0 saturated carbocycles. The molecule has 3 nitrogen and oxygen atoms in total. The van der Waals surface area contributed by atoms with Crippen LogP contribution in [0.4, 0.5) is 4.79 Å². The van der Waals surface area contributed by atoms with Crippen molar-refractivity contribution in [2.75, 3.05) is 0 Å². The van der Waals surface area contributed by atoms with Gasteiger partial charge in [0.15, 0.2) is 0 Å². The summed E-state index contributed by atoms with van der Waals surface area (Å²) in [6.07, 6.45) is -0.964. The number of rotatable bonds is 2. The van der Waals surface area contributed by atoms with Crippen LogP contribution in [0.2, 0.25) is 0 Å². The number of carbonyl (C=O) groups is 1. The summed E-state index contributed by atoms with van der Waals surface area (Å²) in [5.41, 5.74) is 0.